The van der Waals surface area contributed by atoms with Gasteiger partial charge in [0.15, 0.2) is 5.76 Å². The van der Waals surface area contributed by atoms with Gasteiger partial charge in [-0.2, -0.15) is 0 Å². The van der Waals surface area contributed by atoms with Gasteiger partial charge in [0.05, 0.1) is 23.1 Å². The van der Waals surface area contributed by atoms with Crippen molar-refractivity contribution in [2.75, 3.05) is 11.5 Å². The number of carbonyl (C=O) groups is 2. The summed E-state index contributed by atoms with van der Waals surface area (Å²) < 4.78 is 5.62. The van der Waals surface area contributed by atoms with E-state index in [4.69, 9.17) is 4.74 Å². The van der Waals surface area contributed by atoms with E-state index in [1.807, 2.05) is 56.3 Å². The molecule has 1 N–H and O–H groups in total. The normalized spacial score (nSPS) is 16.3. The monoisotopic (exact) mass is 419 g/mol. The van der Waals surface area contributed by atoms with Crippen LogP contribution in [0.25, 0.3) is 0 Å². The van der Waals surface area contributed by atoms with Crippen LogP contribution in [0.1, 0.15) is 33.8 Å². The Morgan fingerprint density at radius 3 is 2.63 bits per heavy atom. The Labute approximate surface area is 178 Å². The lowest BCUT2D eigenvalue weighted by Crippen LogP contribution is -2.31. The van der Waals surface area contributed by atoms with Gasteiger partial charge >= 0.3 is 0 Å². The first-order valence-corrected chi connectivity index (χ1v) is 10.5. The van der Waals surface area contributed by atoms with Gasteiger partial charge in [-0.05, 0) is 60.7 Å². The number of nitrogens with zero attached hydrogens (tertiary/aromatic N) is 1. The third-order valence-electron chi connectivity index (χ3n) is 4.96. The second-order valence-corrected chi connectivity index (χ2v) is 7.94. The van der Waals surface area contributed by atoms with Crippen LogP contribution in [0.3, 0.4) is 0 Å². The summed E-state index contributed by atoms with van der Waals surface area (Å²) in [5.41, 5.74) is 2.37. The van der Waals surface area contributed by atoms with E-state index in [9.17, 15) is 14.7 Å². The third kappa shape index (κ3) is 3.50. The van der Waals surface area contributed by atoms with Crippen LogP contribution in [0.2, 0.25) is 0 Å². The van der Waals surface area contributed by atoms with Crippen molar-refractivity contribution in [3.05, 3.63) is 93.4 Å². The highest BCUT2D eigenvalue weighted by atomic mass is 32.1. The number of aliphatic hydroxyl groups is 1. The van der Waals surface area contributed by atoms with Crippen LogP contribution in [0.15, 0.2) is 77.4 Å². The Kier molecular flexibility index (Phi) is 5.42. The van der Waals surface area contributed by atoms with E-state index in [2.05, 4.69) is 0 Å². The van der Waals surface area contributed by atoms with Crippen LogP contribution in [-0.2, 0) is 4.79 Å². The Morgan fingerprint density at radius 2 is 1.93 bits per heavy atom. The third-order valence-corrected chi connectivity index (χ3v) is 5.83. The van der Waals surface area contributed by atoms with E-state index in [1.54, 1.807) is 23.6 Å². The molecule has 0 saturated heterocycles. The van der Waals surface area contributed by atoms with E-state index in [0.29, 0.717) is 28.5 Å². The molecule has 2 heterocycles. The molecule has 1 atom stereocenters. The van der Waals surface area contributed by atoms with Gasteiger partial charge < -0.3 is 9.84 Å². The second-order valence-electron chi connectivity index (χ2n) is 6.99. The molecule has 0 radical (unpaired) electrons. The molecular formula is C24H21NO4S. The predicted octanol–water partition coefficient (Wildman–Crippen LogP) is 5.24. The lowest BCUT2D eigenvalue weighted by atomic mass is 9.95. The van der Waals surface area contributed by atoms with Crippen molar-refractivity contribution < 1.29 is 19.4 Å². The molecule has 30 heavy (non-hydrogen) atoms. The van der Waals surface area contributed by atoms with E-state index in [1.165, 1.54) is 16.2 Å². The Hall–Kier alpha value is -3.38. The van der Waals surface area contributed by atoms with Crippen LogP contribution < -0.4 is 9.64 Å². The number of aryl methyl sites for hydroxylation is 1. The van der Waals surface area contributed by atoms with Gasteiger partial charge in [-0.25, -0.2) is 0 Å². The summed E-state index contributed by atoms with van der Waals surface area (Å²) in [4.78, 5) is 28.4. The SMILES string of the molecule is CCOc1cccc(C2C(C(=O)c3cccs3)=C(O)C(=O)N2c2cccc(C)c2)c1. The predicted molar refractivity (Wildman–Crippen MR) is 117 cm³/mol. The van der Waals surface area contributed by atoms with Crippen molar-refractivity contribution in [1.29, 1.82) is 0 Å². The fourth-order valence-electron chi connectivity index (χ4n) is 3.68. The van der Waals surface area contributed by atoms with Gasteiger partial charge in [0, 0.05) is 5.69 Å². The highest BCUT2D eigenvalue weighted by molar-refractivity contribution is 7.12. The zero-order chi connectivity index (χ0) is 21.3. The van der Waals surface area contributed by atoms with Crippen LogP contribution in [-0.4, -0.2) is 23.4 Å². The molecule has 3 aromatic rings. The molecule has 1 aromatic heterocycles. The van der Waals surface area contributed by atoms with Crippen molar-refractivity contribution >= 4 is 28.7 Å². The fourth-order valence-corrected chi connectivity index (χ4v) is 4.36. The summed E-state index contributed by atoms with van der Waals surface area (Å²) in [6.45, 7) is 4.32. The van der Waals surface area contributed by atoms with Crippen LogP contribution in [0.5, 0.6) is 5.75 Å². The number of hydrogen-bond acceptors (Lipinski definition) is 5. The number of amides is 1. The number of rotatable bonds is 6. The maximum absolute atomic E-state index is 13.3. The number of carbonyl (C=O) groups excluding carboxylic acids is 2. The number of hydrogen-bond donors (Lipinski definition) is 1. The molecule has 1 unspecified atom stereocenters. The topological polar surface area (TPSA) is 66.8 Å². The van der Waals surface area contributed by atoms with Crippen molar-refractivity contribution in [2.45, 2.75) is 19.9 Å². The molecule has 152 valence electrons. The molecule has 1 amide bonds. The lowest BCUT2D eigenvalue weighted by Gasteiger charge is -2.27. The summed E-state index contributed by atoms with van der Waals surface area (Å²) >= 11 is 1.28. The first kappa shape index (κ1) is 19.9. The number of thiophene rings is 1. The molecule has 5 nitrogen and oxygen atoms in total. The van der Waals surface area contributed by atoms with Crippen molar-refractivity contribution in [2.24, 2.45) is 0 Å². The van der Waals surface area contributed by atoms with Crippen LogP contribution in [0, 0.1) is 6.92 Å². The molecule has 1 aliphatic rings. The summed E-state index contributed by atoms with van der Waals surface area (Å²) in [6.07, 6.45) is 0. The molecule has 2 aromatic carbocycles. The number of benzene rings is 2. The van der Waals surface area contributed by atoms with E-state index >= 15 is 0 Å². The van der Waals surface area contributed by atoms with E-state index in [-0.39, 0.29) is 11.4 Å². The maximum atomic E-state index is 13.3. The zero-order valence-corrected chi connectivity index (χ0v) is 17.5. The smallest absolute Gasteiger partial charge is 0.294 e. The van der Waals surface area contributed by atoms with Crippen molar-refractivity contribution in [3.63, 3.8) is 0 Å². The Morgan fingerprint density at radius 1 is 1.13 bits per heavy atom. The first-order chi connectivity index (χ1) is 14.5. The molecule has 0 aliphatic carbocycles. The zero-order valence-electron chi connectivity index (χ0n) is 16.7. The lowest BCUT2D eigenvalue weighted by molar-refractivity contribution is -0.117. The Balaban J connectivity index is 1.88. The summed E-state index contributed by atoms with van der Waals surface area (Å²) in [5.74, 6) is -0.812. The molecule has 6 heteroatoms. The first-order valence-electron chi connectivity index (χ1n) is 9.65. The van der Waals surface area contributed by atoms with Crippen LogP contribution >= 0.6 is 11.3 Å². The largest absolute Gasteiger partial charge is 0.503 e. The molecule has 0 spiro atoms. The Bertz CT molecular complexity index is 1130. The van der Waals surface area contributed by atoms with Gasteiger partial charge in [-0.15, -0.1) is 11.3 Å². The van der Waals surface area contributed by atoms with Gasteiger partial charge in [-0.3, -0.25) is 14.5 Å². The number of ether oxygens (including phenoxy) is 1. The van der Waals surface area contributed by atoms with Gasteiger partial charge in [-0.1, -0.05) is 30.3 Å². The van der Waals surface area contributed by atoms with Gasteiger partial charge in [0.25, 0.3) is 5.91 Å². The number of Topliss-reactive ketones (excluding diaryl/α,β-unsaturated/α-hetero) is 1. The van der Waals surface area contributed by atoms with E-state index < -0.39 is 17.7 Å². The molecular weight excluding hydrogens is 398 g/mol. The maximum Gasteiger partial charge on any atom is 0.294 e. The average molecular weight is 420 g/mol. The average Bonchev–Trinajstić information content (AvgIpc) is 3.36. The molecule has 0 bridgehead atoms. The fraction of sp³-hybridized carbons (Fsp3) is 0.167. The highest BCUT2D eigenvalue weighted by Crippen LogP contribution is 2.43. The highest BCUT2D eigenvalue weighted by Gasteiger charge is 2.45. The standard InChI is InChI=1S/C24H21NO4S/c1-3-29-18-10-5-8-16(14-18)21-20(22(26)19-11-6-12-30-19)23(27)24(28)25(21)17-9-4-7-15(2)13-17/h4-14,21,27H,3H2,1-2H3. The molecule has 0 fully saturated rings. The van der Waals surface area contributed by atoms with E-state index in [0.717, 1.165) is 5.56 Å². The number of ketones is 1. The van der Waals surface area contributed by atoms with Crippen molar-refractivity contribution in [3.8, 4) is 5.75 Å². The molecule has 4 rings (SSSR count). The van der Waals surface area contributed by atoms with Gasteiger partial charge in [0.2, 0.25) is 5.78 Å². The minimum absolute atomic E-state index is 0.0811. The molecule has 0 saturated carbocycles. The van der Waals surface area contributed by atoms with Crippen molar-refractivity contribution in [1.82, 2.24) is 0 Å². The number of aliphatic hydroxyl groups excluding tert-OH is 1. The minimum Gasteiger partial charge on any atom is -0.503 e. The minimum atomic E-state index is -0.755. The summed E-state index contributed by atoms with van der Waals surface area (Å²) in [5, 5.41) is 12.6. The summed E-state index contributed by atoms with van der Waals surface area (Å²) in [6, 6.07) is 17.5. The molecule has 1 aliphatic heterocycles. The van der Waals surface area contributed by atoms with Crippen LogP contribution in [0.4, 0.5) is 5.69 Å². The second kappa shape index (κ2) is 8.16. The summed E-state index contributed by atoms with van der Waals surface area (Å²) in [7, 11) is 0. The number of anilines is 1. The van der Waals surface area contributed by atoms with Gasteiger partial charge in [0.1, 0.15) is 5.75 Å². The quantitative estimate of drug-likeness (QED) is 0.555.